The molecule has 7 heteroatoms. The summed E-state index contributed by atoms with van der Waals surface area (Å²) in [7, 11) is 0. The van der Waals surface area contributed by atoms with Crippen molar-refractivity contribution < 1.29 is 30.7 Å². The number of benzene rings is 5. The largest absolute Gasteiger partial charge is 0.417 e. The van der Waals surface area contributed by atoms with Crippen LogP contribution in [0.15, 0.2) is 97.6 Å². The van der Waals surface area contributed by atoms with Crippen LogP contribution < -0.4 is 0 Å². The third-order valence-electron chi connectivity index (χ3n) is 6.79. The van der Waals surface area contributed by atoms with E-state index in [9.17, 15) is 13.2 Å². The van der Waals surface area contributed by atoms with Crippen LogP contribution in [0.25, 0.3) is 44.2 Å². The van der Waals surface area contributed by atoms with Gasteiger partial charge in [-0.05, 0) is 64.7 Å². The van der Waals surface area contributed by atoms with Crippen molar-refractivity contribution >= 4 is 10.8 Å². The highest BCUT2D eigenvalue weighted by atomic mass is 19.4. The number of hydrogen-bond donors (Lipinski definition) is 0. The summed E-state index contributed by atoms with van der Waals surface area (Å²) < 4.78 is 101. The van der Waals surface area contributed by atoms with Gasteiger partial charge in [-0.25, -0.2) is 17.6 Å². The Balaban J connectivity index is 1.52. The second kappa shape index (κ2) is 10.6. The van der Waals surface area contributed by atoms with Crippen molar-refractivity contribution in [1.29, 1.82) is 0 Å². The Bertz CT molecular complexity index is 1730. The predicted molar refractivity (Wildman–Crippen MR) is 144 cm³/mol. The number of rotatable bonds is 6. The summed E-state index contributed by atoms with van der Waals surface area (Å²) in [6, 6.07) is 17.7. The predicted octanol–water partition coefficient (Wildman–Crippen LogP) is 10.5. The van der Waals surface area contributed by atoms with Crippen molar-refractivity contribution in [3.63, 3.8) is 0 Å². The third kappa shape index (κ3) is 5.11. The van der Waals surface area contributed by atoms with Gasteiger partial charge in [0.2, 0.25) is 0 Å². The van der Waals surface area contributed by atoms with Crippen LogP contribution in [0.4, 0.5) is 30.7 Å². The first-order valence-corrected chi connectivity index (χ1v) is 12.4. The Kier molecular flexibility index (Phi) is 7.23. The monoisotopic (exact) mass is 550 g/mol. The molecule has 0 aliphatic carbocycles. The van der Waals surface area contributed by atoms with E-state index >= 15 is 17.6 Å². The molecule has 0 aliphatic heterocycles. The summed E-state index contributed by atoms with van der Waals surface area (Å²) in [6.07, 6.45) is -1.42. The SMILES string of the molecule is C=CCCc1ccc2c(F)c(-c3cc(F)c(-c4ccc(-c5ccccc5C(F)(F)F)c(F)c4)c(F)c3)ccc2c1. The highest BCUT2D eigenvalue weighted by Crippen LogP contribution is 2.40. The number of aryl methyl sites for hydroxylation is 1. The minimum atomic E-state index is -4.72. The Hall–Kier alpha value is -4.39. The Morgan fingerprint density at radius 3 is 2.00 bits per heavy atom. The normalized spacial score (nSPS) is 11.7. The maximum atomic E-state index is 15.4. The summed E-state index contributed by atoms with van der Waals surface area (Å²) >= 11 is 0. The fraction of sp³-hybridized carbons (Fsp3) is 0.0909. The third-order valence-corrected chi connectivity index (χ3v) is 6.79. The molecule has 5 aromatic rings. The van der Waals surface area contributed by atoms with E-state index in [-0.39, 0.29) is 22.3 Å². The van der Waals surface area contributed by atoms with E-state index < -0.39 is 46.1 Å². The molecule has 0 amide bonds. The molecule has 0 heterocycles. The van der Waals surface area contributed by atoms with Crippen molar-refractivity contribution in [3.8, 4) is 33.4 Å². The Morgan fingerprint density at radius 1 is 0.650 bits per heavy atom. The first-order valence-electron chi connectivity index (χ1n) is 12.4. The highest BCUT2D eigenvalue weighted by Gasteiger charge is 2.34. The Morgan fingerprint density at radius 2 is 1.32 bits per heavy atom. The lowest BCUT2D eigenvalue weighted by molar-refractivity contribution is -0.137. The lowest BCUT2D eigenvalue weighted by atomic mass is 9.94. The average Bonchev–Trinajstić information content (AvgIpc) is 2.91. The van der Waals surface area contributed by atoms with Gasteiger partial charge >= 0.3 is 6.18 Å². The van der Waals surface area contributed by atoms with Crippen LogP contribution in [0.3, 0.4) is 0 Å². The molecule has 5 aromatic carbocycles. The zero-order valence-electron chi connectivity index (χ0n) is 20.9. The van der Waals surface area contributed by atoms with Crippen LogP contribution in [0.5, 0.6) is 0 Å². The summed E-state index contributed by atoms with van der Waals surface area (Å²) in [4.78, 5) is 0. The number of fused-ring (bicyclic) bond motifs is 1. The number of hydrogen-bond acceptors (Lipinski definition) is 0. The fourth-order valence-corrected chi connectivity index (χ4v) is 4.85. The zero-order chi connectivity index (χ0) is 28.6. The molecule has 0 aliphatic rings. The van der Waals surface area contributed by atoms with Gasteiger partial charge in [0.15, 0.2) is 0 Å². The molecule has 0 nitrogen and oxygen atoms in total. The second-order valence-electron chi connectivity index (χ2n) is 9.36. The summed E-state index contributed by atoms with van der Waals surface area (Å²) in [5, 5.41) is 0.935. The van der Waals surface area contributed by atoms with E-state index in [1.54, 1.807) is 24.3 Å². The van der Waals surface area contributed by atoms with Crippen LogP contribution in [0.2, 0.25) is 0 Å². The summed E-state index contributed by atoms with van der Waals surface area (Å²) in [5.74, 6) is -3.86. The van der Waals surface area contributed by atoms with Gasteiger partial charge in [0, 0.05) is 16.5 Å². The summed E-state index contributed by atoms with van der Waals surface area (Å²) in [5.41, 5.74) is -1.64. The number of allylic oxidation sites excluding steroid dienone is 1. The van der Waals surface area contributed by atoms with Crippen LogP contribution in [-0.2, 0) is 12.6 Å². The lowest BCUT2D eigenvalue weighted by Gasteiger charge is -2.15. The standard InChI is InChI=1S/C33H21F7/c1-2-3-6-19-9-12-23-20(15-19)10-13-24(32(23)37)22-17-29(35)31(30(36)18-22)21-11-14-26(28(34)16-21)25-7-4-5-8-27(25)33(38,39)40/h2,4-5,7-18H,1,3,6H2. The van der Waals surface area contributed by atoms with Crippen molar-refractivity contribution in [1.82, 2.24) is 0 Å². The van der Waals surface area contributed by atoms with E-state index in [4.69, 9.17) is 0 Å². The Labute approximate surface area is 226 Å². The topological polar surface area (TPSA) is 0 Å². The van der Waals surface area contributed by atoms with Gasteiger partial charge in [0.05, 0.1) is 11.1 Å². The molecule has 0 saturated carbocycles. The van der Waals surface area contributed by atoms with Gasteiger partial charge in [0.25, 0.3) is 0 Å². The molecule has 0 unspecified atom stereocenters. The molecule has 0 radical (unpaired) electrons. The second-order valence-corrected chi connectivity index (χ2v) is 9.36. The van der Waals surface area contributed by atoms with Crippen molar-refractivity contribution in [2.75, 3.05) is 0 Å². The highest BCUT2D eigenvalue weighted by molar-refractivity contribution is 5.89. The van der Waals surface area contributed by atoms with Crippen LogP contribution >= 0.6 is 0 Å². The molecular weight excluding hydrogens is 529 g/mol. The molecule has 40 heavy (non-hydrogen) atoms. The summed E-state index contributed by atoms with van der Waals surface area (Å²) in [6.45, 7) is 3.69. The first kappa shape index (κ1) is 27.2. The molecule has 0 spiro atoms. The minimum Gasteiger partial charge on any atom is -0.206 e. The molecule has 5 rings (SSSR count). The average molecular weight is 551 g/mol. The first-order chi connectivity index (χ1) is 19.1. The lowest BCUT2D eigenvalue weighted by Crippen LogP contribution is -2.07. The van der Waals surface area contributed by atoms with Gasteiger partial charge in [-0.2, -0.15) is 13.2 Å². The van der Waals surface area contributed by atoms with Crippen molar-refractivity contribution in [3.05, 3.63) is 132 Å². The van der Waals surface area contributed by atoms with E-state index in [0.29, 0.717) is 10.8 Å². The molecule has 0 atom stereocenters. The van der Waals surface area contributed by atoms with Crippen LogP contribution in [-0.4, -0.2) is 0 Å². The van der Waals surface area contributed by atoms with Crippen LogP contribution in [0.1, 0.15) is 17.5 Å². The maximum absolute atomic E-state index is 15.4. The quantitative estimate of drug-likeness (QED) is 0.146. The van der Waals surface area contributed by atoms with Gasteiger partial charge in [-0.1, -0.05) is 66.7 Å². The smallest absolute Gasteiger partial charge is 0.206 e. The molecule has 0 fully saturated rings. The molecule has 202 valence electrons. The fourth-order valence-electron chi connectivity index (χ4n) is 4.85. The van der Waals surface area contributed by atoms with E-state index in [1.807, 2.05) is 6.07 Å². The number of halogens is 7. The van der Waals surface area contributed by atoms with E-state index in [0.717, 1.165) is 60.9 Å². The molecular formula is C33H21F7. The van der Waals surface area contributed by atoms with Gasteiger partial charge in [0.1, 0.15) is 23.3 Å². The van der Waals surface area contributed by atoms with E-state index in [1.165, 1.54) is 18.2 Å². The van der Waals surface area contributed by atoms with Gasteiger partial charge in [-0.15, -0.1) is 6.58 Å². The molecule has 0 N–H and O–H groups in total. The molecule has 0 aromatic heterocycles. The maximum Gasteiger partial charge on any atom is 0.417 e. The number of alkyl halides is 3. The molecule has 0 bridgehead atoms. The van der Waals surface area contributed by atoms with Crippen molar-refractivity contribution in [2.45, 2.75) is 19.0 Å². The van der Waals surface area contributed by atoms with Crippen LogP contribution in [0, 0.1) is 23.3 Å². The van der Waals surface area contributed by atoms with Gasteiger partial charge < -0.3 is 0 Å². The van der Waals surface area contributed by atoms with Crippen molar-refractivity contribution in [2.24, 2.45) is 0 Å². The van der Waals surface area contributed by atoms with Gasteiger partial charge in [-0.3, -0.25) is 0 Å². The zero-order valence-corrected chi connectivity index (χ0v) is 20.9. The minimum absolute atomic E-state index is 0.0130. The molecule has 0 saturated heterocycles. The van der Waals surface area contributed by atoms with E-state index in [2.05, 4.69) is 6.58 Å².